The molecule has 6 rings (SSSR count). The lowest BCUT2D eigenvalue weighted by atomic mass is 9.53. The molecule has 3 aromatic rings. The summed E-state index contributed by atoms with van der Waals surface area (Å²) < 4.78 is 95.7. The lowest BCUT2D eigenvalue weighted by Gasteiger charge is -2.49. The quantitative estimate of drug-likeness (QED) is 0.164. The third-order valence-electron chi connectivity index (χ3n) is 6.96. The van der Waals surface area contributed by atoms with E-state index in [9.17, 15) is 35.3 Å². The first-order valence-electron chi connectivity index (χ1n) is 10.8. The van der Waals surface area contributed by atoms with Gasteiger partial charge in [-0.25, -0.2) is 17.2 Å². The molecule has 0 spiro atoms. The van der Waals surface area contributed by atoms with Crippen LogP contribution in [0.4, 0.5) is 17.6 Å². The third kappa shape index (κ3) is 3.38. The Morgan fingerprint density at radius 2 is 1.26 bits per heavy atom. The van der Waals surface area contributed by atoms with Gasteiger partial charge in [-0.3, -0.25) is 4.79 Å². The van der Waals surface area contributed by atoms with Gasteiger partial charge < -0.3 is 9.29 Å². The Bertz CT molecular complexity index is 1410. The average molecular weight is 505 g/mol. The lowest BCUT2D eigenvalue weighted by molar-refractivity contribution is -0.143. The van der Waals surface area contributed by atoms with E-state index in [1.165, 1.54) is 0 Å². The summed E-state index contributed by atoms with van der Waals surface area (Å²) in [7, 11) is -5.88. The monoisotopic (exact) mass is 505 g/mol. The molecule has 0 saturated heterocycles. The average Bonchev–Trinajstić information content (AvgIpc) is 2.84. The third-order valence-corrected chi connectivity index (χ3v) is 7.82. The second-order valence-corrected chi connectivity index (χ2v) is 9.92. The first-order chi connectivity index (χ1) is 16.6. The molecule has 2 bridgehead atoms. The molecule has 5 nitrogen and oxygen atoms in total. The van der Waals surface area contributed by atoms with Crippen LogP contribution in [0.1, 0.15) is 47.4 Å². The van der Waals surface area contributed by atoms with Crippen LogP contribution in [0.5, 0.6) is 5.75 Å². The molecule has 3 aromatic carbocycles. The molecule has 0 amide bonds. The Labute approximate surface area is 198 Å². The molecule has 0 radical (unpaired) electrons. The van der Waals surface area contributed by atoms with Gasteiger partial charge in [0.1, 0.15) is 15.0 Å². The molecule has 3 aliphatic rings. The van der Waals surface area contributed by atoms with Gasteiger partial charge in [0.25, 0.3) is 0 Å². The maximum absolute atomic E-state index is 14.5. The van der Waals surface area contributed by atoms with Crippen molar-refractivity contribution in [3.8, 4) is 5.75 Å². The van der Waals surface area contributed by atoms with E-state index in [0.29, 0.717) is 6.42 Å². The molecule has 10 heteroatoms. The number of esters is 1. The van der Waals surface area contributed by atoms with Crippen molar-refractivity contribution in [1.82, 2.24) is 0 Å². The first kappa shape index (κ1) is 23.5. The molecule has 2 unspecified atom stereocenters. The zero-order chi connectivity index (χ0) is 25.2. The molecule has 3 aliphatic carbocycles. The van der Waals surface area contributed by atoms with Gasteiger partial charge in [-0.05, 0) is 28.2 Å². The minimum absolute atomic E-state index is 0.217. The SMILES string of the molecule is CCC1C2c3ccccc3C(c3ccccc32)C1C(=O)Oc1c(F)c(F)c(S(=O)(=O)[O-])c(F)c1F. The fourth-order valence-corrected chi connectivity index (χ4v) is 6.28. The summed E-state index contributed by atoms with van der Waals surface area (Å²) in [6.45, 7) is 1.85. The summed E-state index contributed by atoms with van der Waals surface area (Å²) in [5, 5.41) is 0. The fraction of sp³-hybridized carbons (Fsp3) is 0.240. The molecule has 0 aromatic heterocycles. The number of hydrogen-bond donors (Lipinski definition) is 0. The van der Waals surface area contributed by atoms with Gasteiger partial charge in [-0.2, -0.15) is 8.78 Å². The first-order valence-corrected chi connectivity index (χ1v) is 12.2. The largest absolute Gasteiger partial charge is 0.744 e. The highest BCUT2D eigenvalue weighted by Crippen LogP contribution is 2.59. The molecule has 0 saturated carbocycles. The highest BCUT2D eigenvalue weighted by molar-refractivity contribution is 7.85. The summed E-state index contributed by atoms with van der Waals surface area (Å²) >= 11 is 0. The molecule has 35 heavy (non-hydrogen) atoms. The Morgan fingerprint density at radius 3 is 1.66 bits per heavy atom. The maximum Gasteiger partial charge on any atom is 0.315 e. The number of carbonyl (C=O) groups is 1. The van der Waals surface area contributed by atoms with Crippen molar-refractivity contribution in [1.29, 1.82) is 0 Å². The number of benzene rings is 3. The highest BCUT2D eigenvalue weighted by atomic mass is 32.2. The Balaban J connectivity index is 1.63. The van der Waals surface area contributed by atoms with Crippen molar-refractivity contribution in [3.63, 3.8) is 0 Å². The second-order valence-electron chi connectivity index (χ2n) is 8.60. The van der Waals surface area contributed by atoms with Crippen LogP contribution in [0.3, 0.4) is 0 Å². The van der Waals surface area contributed by atoms with E-state index in [0.717, 1.165) is 22.3 Å². The van der Waals surface area contributed by atoms with E-state index in [1.54, 1.807) is 12.1 Å². The number of carbonyl (C=O) groups excluding carboxylic acids is 1. The van der Waals surface area contributed by atoms with Gasteiger partial charge >= 0.3 is 5.97 Å². The van der Waals surface area contributed by atoms with Crippen LogP contribution in [0.2, 0.25) is 0 Å². The van der Waals surface area contributed by atoms with E-state index in [1.807, 2.05) is 43.3 Å². The molecular formula is C25H17F4O5S-. The van der Waals surface area contributed by atoms with Gasteiger partial charge in [0.2, 0.25) is 17.4 Å². The van der Waals surface area contributed by atoms with Crippen LogP contribution >= 0.6 is 0 Å². The number of ether oxygens (including phenoxy) is 1. The zero-order valence-electron chi connectivity index (χ0n) is 18.1. The Kier molecular flexibility index (Phi) is 5.48. The van der Waals surface area contributed by atoms with Crippen molar-refractivity contribution in [3.05, 3.63) is 94.1 Å². The minimum atomic E-state index is -5.88. The predicted molar refractivity (Wildman–Crippen MR) is 114 cm³/mol. The summed E-state index contributed by atoms with van der Waals surface area (Å²) in [4.78, 5) is 11.1. The molecule has 182 valence electrons. The van der Waals surface area contributed by atoms with Crippen molar-refractivity contribution in [2.24, 2.45) is 11.8 Å². The minimum Gasteiger partial charge on any atom is -0.744 e. The van der Waals surface area contributed by atoms with Crippen molar-refractivity contribution >= 4 is 16.1 Å². The van der Waals surface area contributed by atoms with Crippen LogP contribution in [0, 0.1) is 35.1 Å². The molecule has 2 atom stereocenters. The lowest BCUT2D eigenvalue weighted by Crippen LogP contribution is -2.45. The standard InChI is InChI=1S/C25H18F4O5S/c1-2-11-16-12-7-3-5-9-14(12)17(15-10-6-4-8-13(15)16)18(11)25(30)34-23-19(26)21(28)24(35(31,32)33)22(29)20(23)27/h3-11,16-18H,2H2,1H3,(H,31,32,33)/p-1. The smallest absolute Gasteiger partial charge is 0.315 e. The van der Waals surface area contributed by atoms with Crippen LogP contribution in [0.25, 0.3) is 0 Å². The van der Waals surface area contributed by atoms with Crippen molar-refractivity contribution in [2.45, 2.75) is 30.1 Å². The molecular weight excluding hydrogens is 488 g/mol. The molecule has 0 fully saturated rings. The summed E-state index contributed by atoms with van der Waals surface area (Å²) in [5.74, 6) is -14.3. The normalized spacial score (nSPS) is 22.5. The van der Waals surface area contributed by atoms with Crippen LogP contribution in [-0.4, -0.2) is 18.9 Å². The Hall–Kier alpha value is -3.24. The summed E-state index contributed by atoms with van der Waals surface area (Å²) in [5.41, 5.74) is 3.72. The van der Waals surface area contributed by atoms with E-state index in [-0.39, 0.29) is 11.8 Å². The van der Waals surface area contributed by atoms with Gasteiger partial charge in [0, 0.05) is 11.8 Å². The summed E-state index contributed by atoms with van der Waals surface area (Å²) in [6.07, 6.45) is 0.491. The van der Waals surface area contributed by atoms with Gasteiger partial charge in [0.05, 0.1) is 5.92 Å². The van der Waals surface area contributed by atoms with E-state index in [4.69, 9.17) is 4.74 Å². The number of fused-ring (bicyclic) bond motifs is 1. The number of halogens is 4. The molecule has 0 N–H and O–H groups in total. The predicted octanol–water partition coefficient (Wildman–Crippen LogP) is 4.99. The number of hydrogen-bond acceptors (Lipinski definition) is 5. The van der Waals surface area contributed by atoms with Crippen molar-refractivity contribution < 1.29 is 40.1 Å². The fourth-order valence-electron chi connectivity index (χ4n) is 5.66. The Morgan fingerprint density at radius 1 is 0.829 bits per heavy atom. The zero-order valence-corrected chi connectivity index (χ0v) is 18.9. The highest BCUT2D eigenvalue weighted by Gasteiger charge is 2.52. The molecule has 0 heterocycles. The second kappa shape index (κ2) is 8.17. The van der Waals surface area contributed by atoms with E-state index < -0.39 is 61.8 Å². The molecule has 0 aliphatic heterocycles. The van der Waals surface area contributed by atoms with Gasteiger partial charge in [0.15, 0.2) is 11.6 Å². The van der Waals surface area contributed by atoms with E-state index in [2.05, 4.69) is 0 Å². The van der Waals surface area contributed by atoms with Crippen LogP contribution < -0.4 is 4.74 Å². The van der Waals surface area contributed by atoms with Crippen molar-refractivity contribution in [2.75, 3.05) is 0 Å². The topological polar surface area (TPSA) is 83.5 Å². The maximum atomic E-state index is 14.5. The van der Waals surface area contributed by atoms with Crippen LogP contribution in [0.15, 0.2) is 53.4 Å². The van der Waals surface area contributed by atoms with Crippen LogP contribution in [-0.2, 0) is 14.9 Å². The van der Waals surface area contributed by atoms with Gasteiger partial charge in [-0.15, -0.1) is 0 Å². The summed E-state index contributed by atoms with van der Waals surface area (Å²) in [6, 6.07) is 15.0. The number of rotatable bonds is 4. The van der Waals surface area contributed by atoms with Gasteiger partial charge in [-0.1, -0.05) is 61.9 Å². The van der Waals surface area contributed by atoms with E-state index >= 15 is 0 Å².